The van der Waals surface area contributed by atoms with Crippen LogP contribution in [0, 0.1) is 5.92 Å². The van der Waals surface area contributed by atoms with Crippen molar-refractivity contribution in [3.05, 3.63) is 42.5 Å². The Hall–Kier alpha value is -1.87. The molecule has 1 aliphatic carbocycles. The van der Waals surface area contributed by atoms with Gasteiger partial charge in [0, 0.05) is 13.1 Å². The molecule has 28 heavy (non-hydrogen) atoms. The van der Waals surface area contributed by atoms with Gasteiger partial charge in [-0.05, 0) is 37.0 Å². The molecule has 0 aromatic heterocycles. The Kier molecular flexibility index (Phi) is 7.65. The number of hydrogen-bond donors (Lipinski definition) is 1. The van der Waals surface area contributed by atoms with Crippen molar-refractivity contribution >= 4 is 15.9 Å². The number of sulfonamides is 1. The van der Waals surface area contributed by atoms with Gasteiger partial charge in [-0.3, -0.25) is 4.79 Å². The third kappa shape index (κ3) is 6.07. The molecule has 5 nitrogen and oxygen atoms in total. The minimum absolute atomic E-state index is 0.185. The molecule has 1 N–H and O–H groups in total. The van der Waals surface area contributed by atoms with Gasteiger partial charge in [0.15, 0.2) is 0 Å². The summed E-state index contributed by atoms with van der Waals surface area (Å²) in [4.78, 5) is 11.7. The monoisotopic (exact) mass is 418 g/mol. The van der Waals surface area contributed by atoms with Gasteiger partial charge in [-0.15, -0.1) is 6.58 Å². The molecule has 2 rings (SSSR count). The molecule has 1 fully saturated rings. The number of nitrogens with zero attached hydrogens (tertiary/aromatic N) is 1. The van der Waals surface area contributed by atoms with Crippen molar-refractivity contribution in [1.29, 1.82) is 0 Å². The summed E-state index contributed by atoms with van der Waals surface area (Å²) in [6, 6.07) is 3.49. The summed E-state index contributed by atoms with van der Waals surface area (Å²) < 4.78 is 65.1. The number of carbonyl (C=O) groups excluding carboxylic acids is 1. The van der Waals surface area contributed by atoms with E-state index in [0.717, 1.165) is 48.2 Å². The lowest BCUT2D eigenvalue weighted by atomic mass is 9.89. The van der Waals surface area contributed by atoms with Crippen LogP contribution in [0.1, 0.15) is 37.7 Å². The van der Waals surface area contributed by atoms with E-state index in [1.54, 1.807) is 0 Å². The van der Waals surface area contributed by atoms with Gasteiger partial charge in [0.25, 0.3) is 0 Å². The van der Waals surface area contributed by atoms with E-state index in [1.807, 2.05) is 0 Å². The number of hydrogen-bond acceptors (Lipinski definition) is 3. The van der Waals surface area contributed by atoms with Crippen molar-refractivity contribution in [3.63, 3.8) is 0 Å². The topological polar surface area (TPSA) is 66.5 Å². The van der Waals surface area contributed by atoms with Crippen molar-refractivity contribution in [2.75, 3.05) is 19.6 Å². The SMILES string of the molecule is C=CCN(CC(=O)NCC1CCCCC1)S(=O)(=O)c1cccc(C(F)(F)F)c1. The summed E-state index contributed by atoms with van der Waals surface area (Å²) in [5.74, 6) is -0.103. The van der Waals surface area contributed by atoms with Crippen LogP contribution in [0.15, 0.2) is 41.8 Å². The van der Waals surface area contributed by atoms with E-state index < -0.39 is 39.1 Å². The zero-order valence-electron chi connectivity index (χ0n) is 15.5. The third-order valence-corrected chi connectivity index (χ3v) is 6.57. The Morgan fingerprint density at radius 1 is 1.25 bits per heavy atom. The molecule has 9 heteroatoms. The fourth-order valence-corrected chi connectivity index (χ4v) is 4.65. The third-order valence-electron chi connectivity index (χ3n) is 4.76. The molecule has 1 aromatic rings. The summed E-state index contributed by atoms with van der Waals surface area (Å²) in [5, 5.41) is 2.74. The van der Waals surface area contributed by atoms with Crippen LogP contribution >= 0.6 is 0 Å². The van der Waals surface area contributed by atoms with Gasteiger partial charge in [-0.25, -0.2) is 8.42 Å². The molecule has 156 valence electrons. The van der Waals surface area contributed by atoms with Crippen LogP contribution < -0.4 is 5.32 Å². The Labute approximate surface area is 163 Å². The smallest absolute Gasteiger partial charge is 0.355 e. The minimum Gasteiger partial charge on any atom is -0.355 e. The van der Waals surface area contributed by atoms with Crippen molar-refractivity contribution in [2.24, 2.45) is 5.92 Å². The molecule has 0 saturated heterocycles. The van der Waals surface area contributed by atoms with Crippen LogP contribution in [-0.2, 0) is 21.0 Å². The van der Waals surface area contributed by atoms with Crippen LogP contribution in [0.3, 0.4) is 0 Å². The van der Waals surface area contributed by atoms with Gasteiger partial charge in [0.05, 0.1) is 17.0 Å². The lowest BCUT2D eigenvalue weighted by molar-refractivity contribution is -0.137. The highest BCUT2D eigenvalue weighted by atomic mass is 32.2. The normalized spacial score (nSPS) is 16.1. The number of alkyl halides is 3. The van der Waals surface area contributed by atoms with E-state index in [0.29, 0.717) is 18.5 Å². The number of rotatable bonds is 8. The lowest BCUT2D eigenvalue weighted by Gasteiger charge is -2.24. The maximum Gasteiger partial charge on any atom is 0.416 e. The molecule has 0 unspecified atom stereocenters. The van der Waals surface area contributed by atoms with E-state index in [-0.39, 0.29) is 6.54 Å². The van der Waals surface area contributed by atoms with Crippen molar-refractivity contribution in [1.82, 2.24) is 9.62 Å². The van der Waals surface area contributed by atoms with Crippen molar-refractivity contribution in [2.45, 2.75) is 43.2 Å². The maximum absolute atomic E-state index is 12.9. The second kappa shape index (κ2) is 9.56. The predicted molar refractivity (Wildman–Crippen MR) is 100.0 cm³/mol. The lowest BCUT2D eigenvalue weighted by Crippen LogP contribution is -2.42. The van der Waals surface area contributed by atoms with Gasteiger partial charge < -0.3 is 5.32 Å². The first kappa shape index (κ1) is 22.4. The van der Waals surface area contributed by atoms with Crippen molar-refractivity contribution < 1.29 is 26.4 Å². The Morgan fingerprint density at radius 2 is 1.93 bits per heavy atom. The summed E-state index contributed by atoms with van der Waals surface area (Å²) in [5.41, 5.74) is -1.06. The summed E-state index contributed by atoms with van der Waals surface area (Å²) in [6.45, 7) is 3.29. The number of benzene rings is 1. The van der Waals surface area contributed by atoms with Crippen LogP contribution in [-0.4, -0.2) is 38.3 Å². The predicted octanol–water partition coefficient (Wildman–Crippen LogP) is 3.58. The summed E-state index contributed by atoms with van der Waals surface area (Å²) in [7, 11) is -4.28. The quantitative estimate of drug-likeness (QED) is 0.657. The van der Waals surface area contributed by atoms with Gasteiger partial charge in [-0.1, -0.05) is 31.4 Å². The summed E-state index contributed by atoms with van der Waals surface area (Å²) in [6.07, 6.45) is 2.11. The highest BCUT2D eigenvalue weighted by Crippen LogP contribution is 2.31. The molecular weight excluding hydrogens is 393 g/mol. The molecule has 0 spiro atoms. The molecule has 0 atom stereocenters. The molecular formula is C19H25F3N2O3S. The highest BCUT2D eigenvalue weighted by molar-refractivity contribution is 7.89. The van der Waals surface area contributed by atoms with E-state index >= 15 is 0 Å². The number of carbonyl (C=O) groups is 1. The average Bonchev–Trinajstić information content (AvgIpc) is 2.66. The van der Waals surface area contributed by atoms with E-state index in [4.69, 9.17) is 0 Å². The zero-order chi connectivity index (χ0) is 20.8. The maximum atomic E-state index is 12.9. The molecule has 1 amide bonds. The summed E-state index contributed by atoms with van der Waals surface area (Å²) >= 11 is 0. The molecule has 0 radical (unpaired) electrons. The van der Waals surface area contributed by atoms with Crippen LogP contribution in [0.25, 0.3) is 0 Å². The fourth-order valence-electron chi connectivity index (χ4n) is 3.24. The fraction of sp³-hybridized carbons (Fsp3) is 0.526. The number of halogens is 3. The van der Waals surface area contributed by atoms with Crippen LogP contribution in [0.2, 0.25) is 0 Å². The second-order valence-electron chi connectivity index (χ2n) is 6.92. The van der Waals surface area contributed by atoms with Gasteiger partial charge in [0.2, 0.25) is 15.9 Å². The standard InChI is InChI=1S/C19H25F3N2O3S/c1-2-11-24(14-18(25)23-13-15-7-4-3-5-8-15)28(26,27)17-10-6-9-16(12-17)19(20,21)22/h2,6,9-10,12,15H,1,3-5,7-8,11,13-14H2,(H,23,25). The molecule has 0 aliphatic heterocycles. The average molecular weight is 418 g/mol. The second-order valence-corrected chi connectivity index (χ2v) is 8.86. The first-order chi connectivity index (χ1) is 13.1. The molecule has 0 bridgehead atoms. The Bertz CT molecular complexity index is 788. The highest BCUT2D eigenvalue weighted by Gasteiger charge is 2.33. The van der Waals surface area contributed by atoms with Gasteiger partial charge in [-0.2, -0.15) is 17.5 Å². The van der Waals surface area contributed by atoms with E-state index in [2.05, 4.69) is 11.9 Å². The van der Waals surface area contributed by atoms with Crippen LogP contribution in [0.4, 0.5) is 13.2 Å². The molecule has 1 saturated carbocycles. The van der Waals surface area contributed by atoms with E-state index in [1.165, 1.54) is 12.5 Å². The first-order valence-corrected chi connectivity index (χ1v) is 10.6. The molecule has 1 aliphatic rings. The largest absolute Gasteiger partial charge is 0.416 e. The Morgan fingerprint density at radius 3 is 2.54 bits per heavy atom. The van der Waals surface area contributed by atoms with Crippen molar-refractivity contribution in [3.8, 4) is 0 Å². The Balaban J connectivity index is 2.10. The van der Waals surface area contributed by atoms with Crippen LogP contribution in [0.5, 0.6) is 0 Å². The first-order valence-electron chi connectivity index (χ1n) is 9.19. The van der Waals surface area contributed by atoms with E-state index in [9.17, 15) is 26.4 Å². The van der Waals surface area contributed by atoms with Gasteiger partial charge in [0.1, 0.15) is 0 Å². The molecule has 1 aromatic carbocycles. The minimum atomic E-state index is -4.66. The molecule has 0 heterocycles. The van der Waals surface area contributed by atoms with Gasteiger partial charge >= 0.3 is 6.18 Å². The number of amides is 1. The number of nitrogens with one attached hydrogen (secondary N) is 1. The zero-order valence-corrected chi connectivity index (χ0v) is 16.4.